The van der Waals surface area contributed by atoms with Gasteiger partial charge >= 0.3 is 0 Å². The quantitative estimate of drug-likeness (QED) is 0.229. The van der Waals surface area contributed by atoms with Crippen LogP contribution in [0.1, 0.15) is 33.7 Å². The fraction of sp³-hybridized carbons (Fsp3) is 0.118. The Morgan fingerprint density at radius 1 is 0.737 bits per heavy atom. The average Bonchev–Trinajstić information content (AvgIpc) is 3.45. The SMILES string of the molecule is Cc1cc2c(cc(C)n2C2(C=O)C=CC(c3ccccc3)=CC2)n1-c1ccc(-c2ccc(C=O)cc2)cc1. The van der Waals surface area contributed by atoms with Gasteiger partial charge in [0.05, 0.1) is 11.0 Å². The number of carbonyl (C=O) groups is 2. The number of nitrogens with zero attached hydrogens (tertiary/aromatic N) is 2. The van der Waals surface area contributed by atoms with Crippen molar-refractivity contribution >= 4 is 29.2 Å². The molecular formula is C34H28N2O2. The Morgan fingerprint density at radius 3 is 2.00 bits per heavy atom. The van der Waals surface area contributed by atoms with E-state index in [1.807, 2.05) is 48.5 Å². The number of hydrogen-bond donors (Lipinski definition) is 0. The average molecular weight is 497 g/mol. The van der Waals surface area contributed by atoms with Crippen LogP contribution in [-0.4, -0.2) is 21.7 Å². The molecule has 0 spiro atoms. The molecule has 6 rings (SSSR count). The molecule has 1 atom stereocenters. The van der Waals surface area contributed by atoms with E-state index in [1.165, 1.54) is 0 Å². The van der Waals surface area contributed by atoms with Gasteiger partial charge in [-0.2, -0.15) is 0 Å². The van der Waals surface area contributed by atoms with E-state index >= 15 is 0 Å². The van der Waals surface area contributed by atoms with Crippen LogP contribution in [0.15, 0.2) is 109 Å². The van der Waals surface area contributed by atoms with Crippen molar-refractivity contribution in [2.45, 2.75) is 25.8 Å². The van der Waals surface area contributed by atoms with Crippen molar-refractivity contribution in [3.05, 3.63) is 132 Å². The third-order valence-corrected chi connectivity index (χ3v) is 7.57. The molecule has 0 saturated heterocycles. The van der Waals surface area contributed by atoms with Crippen LogP contribution in [-0.2, 0) is 10.3 Å². The van der Waals surface area contributed by atoms with E-state index in [0.717, 1.165) is 62.9 Å². The highest BCUT2D eigenvalue weighted by Crippen LogP contribution is 2.37. The molecule has 2 aromatic heterocycles. The summed E-state index contributed by atoms with van der Waals surface area (Å²) in [6, 6.07) is 30.7. The monoisotopic (exact) mass is 496 g/mol. The number of fused-ring (bicyclic) bond motifs is 1. The molecule has 38 heavy (non-hydrogen) atoms. The van der Waals surface area contributed by atoms with Crippen molar-refractivity contribution in [2.75, 3.05) is 0 Å². The van der Waals surface area contributed by atoms with Gasteiger partial charge in [0.1, 0.15) is 18.1 Å². The van der Waals surface area contributed by atoms with Crippen molar-refractivity contribution < 1.29 is 9.59 Å². The summed E-state index contributed by atoms with van der Waals surface area (Å²) in [5.41, 5.74) is 9.70. The second-order valence-corrected chi connectivity index (χ2v) is 9.97. The molecule has 4 heteroatoms. The minimum atomic E-state index is -0.764. The zero-order valence-electron chi connectivity index (χ0n) is 21.5. The van der Waals surface area contributed by atoms with Crippen LogP contribution in [0.25, 0.3) is 33.4 Å². The van der Waals surface area contributed by atoms with Gasteiger partial charge < -0.3 is 13.9 Å². The highest BCUT2D eigenvalue weighted by atomic mass is 16.1. The van der Waals surface area contributed by atoms with Crippen LogP contribution >= 0.6 is 0 Å². The highest BCUT2D eigenvalue weighted by molar-refractivity contribution is 5.87. The molecule has 186 valence electrons. The lowest BCUT2D eigenvalue weighted by Gasteiger charge is -2.30. The maximum atomic E-state index is 12.7. The van der Waals surface area contributed by atoms with Crippen LogP contribution in [0.2, 0.25) is 0 Å². The van der Waals surface area contributed by atoms with Crippen LogP contribution in [0.5, 0.6) is 0 Å². The zero-order valence-corrected chi connectivity index (χ0v) is 21.5. The minimum Gasteiger partial charge on any atom is -0.327 e. The Bertz CT molecular complexity index is 1720. The van der Waals surface area contributed by atoms with Crippen LogP contribution < -0.4 is 0 Å². The topological polar surface area (TPSA) is 44.0 Å². The van der Waals surface area contributed by atoms with Gasteiger partial charge in [0.25, 0.3) is 0 Å². The molecule has 0 amide bonds. The van der Waals surface area contributed by atoms with E-state index in [-0.39, 0.29) is 0 Å². The lowest BCUT2D eigenvalue weighted by molar-refractivity contribution is -0.113. The third-order valence-electron chi connectivity index (χ3n) is 7.57. The van der Waals surface area contributed by atoms with Gasteiger partial charge in [-0.25, -0.2) is 0 Å². The molecule has 0 bridgehead atoms. The maximum absolute atomic E-state index is 12.7. The Balaban J connectivity index is 1.37. The van der Waals surface area contributed by atoms with E-state index in [0.29, 0.717) is 12.0 Å². The van der Waals surface area contributed by atoms with Gasteiger partial charge in [0.2, 0.25) is 0 Å². The Kier molecular flexibility index (Phi) is 5.80. The van der Waals surface area contributed by atoms with Gasteiger partial charge in [0.15, 0.2) is 0 Å². The summed E-state index contributed by atoms with van der Waals surface area (Å²) in [4.78, 5) is 23.6. The lowest BCUT2D eigenvalue weighted by Crippen LogP contribution is -2.34. The van der Waals surface area contributed by atoms with Gasteiger partial charge in [-0.15, -0.1) is 0 Å². The molecule has 1 unspecified atom stereocenters. The van der Waals surface area contributed by atoms with Crippen molar-refractivity contribution in [3.63, 3.8) is 0 Å². The standard InChI is InChI=1S/C34H28N2O2/c1-24-20-33-32(35(24)31-14-12-29(13-15-31)28-10-8-26(22-37)9-11-28)21-25(2)36(33)34(23-38)18-16-30(17-19-34)27-6-4-3-5-7-27/h3-18,20-23H,19H2,1-2H3. The second-order valence-electron chi connectivity index (χ2n) is 9.97. The van der Waals surface area contributed by atoms with Crippen LogP contribution in [0.3, 0.4) is 0 Å². The lowest BCUT2D eigenvalue weighted by atomic mass is 9.87. The molecule has 0 radical (unpaired) electrons. The predicted octanol–water partition coefficient (Wildman–Crippen LogP) is 7.47. The minimum absolute atomic E-state index is 0.601. The number of rotatable bonds is 6. The van der Waals surface area contributed by atoms with Gasteiger partial charge in [-0.05, 0) is 60.4 Å². The number of benzene rings is 3. The molecule has 0 N–H and O–H groups in total. The van der Waals surface area contributed by atoms with Gasteiger partial charge in [-0.1, -0.05) is 85.0 Å². The first kappa shape index (κ1) is 23.7. The maximum Gasteiger partial charge on any atom is 0.150 e. The van der Waals surface area contributed by atoms with Crippen molar-refractivity contribution in [1.82, 2.24) is 9.13 Å². The molecule has 0 saturated carbocycles. The summed E-state index contributed by atoms with van der Waals surface area (Å²) >= 11 is 0. The van der Waals surface area contributed by atoms with Crippen molar-refractivity contribution in [3.8, 4) is 16.8 Å². The molecular weight excluding hydrogens is 468 g/mol. The largest absolute Gasteiger partial charge is 0.327 e. The fourth-order valence-electron chi connectivity index (χ4n) is 5.66. The number of hydrogen-bond acceptors (Lipinski definition) is 2. The number of aldehydes is 2. The molecule has 2 heterocycles. The highest BCUT2D eigenvalue weighted by Gasteiger charge is 2.33. The molecule has 0 fully saturated rings. The summed E-state index contributed by atoms with van der Waals surface area (Å²) in [5, 5.41) is 0. The summed E-state index contributed by atoms with van der Waals surface area (Å²) in [5.74, 6) is 0. The van der Waals surface area contributed by atoms with E-state index in [1.54, 1.807) is 0 Å². The summed E-state index contributed by atoms with van der Waals surface area (Å²) in [7, 11) is 0. The number of aromatic nitrogens is 2. The number of aryl methyl sites for hydroxylation is 2. The fourth-order valence-corrected chi connectivity index (χ4v) is 5.66. The smallest absolute Gasteiger partial charge is 0.150 e. The number of carbonyl (C=O) groups excluding carboxylic acids is 2. The second kappa shape index (κ2) is 9.31. The first-order chi connectivity index (χ1) is 18.5. The molecule has 1 aliphatic carbocycles. The van der Waals surface area contributed by atoms with E-state index in [2.05, 4.69) is 83.7 Å². The van der Waals surface area contributed by atoms with Gasteiger partial charge in [0, 0.05) is 29.1 Å². The molecule has 4 nitrogen and oxygen atoms in total. The predicted molar refractivity (Wildman–Crippen MR) is 154 cm³/mol. The zero-order chi connectivity index (χ0) is 26.3. The summed E-state index contributed by atoms with van der Waals surface area (Å²) in [6.45, 7) is 4.17. The third kappa shape index (κ3) is 3.86. The van der Waals surface area contributed by atoms with Crippen molar-refractivity contribution in [2.24, 2.45) is 0 Å². The Morgan fingerprint density at radius 2 is 1.39 bits per heavy atom. The molecule has 1 aliphatic rings. The molecule has 0 aliphatic heterocycles. The van der Waals surface area contributed by atoms with Crippen molar-refractivity contribution in [1.29, 1.82) is 0 Å². The van der Waals surface area contributed by atoms with E-state index in [4.69, 9.17) is 0 Å². The Hall–Kier alpha value is -4.70. The van der Waals surface area contributed by atoms with Crippen LogP contribution in [0.4, 0.5) is 0 Å². The molecule has 3 aromatic carbocycles. The molecule has 5 aromatic rings. The normalized spacial score (nSPS) is 16.9. The van der Waals surface area contributed by atoms with E-state index < -0.39 is 5.54 Å². The Labute approximate surface area is 222 Å². The summed E-state index contributed by atoms with van der Waals surface area (Å²) < 4.78 is 4.42. The first-order valence-electron chi connectivity index (χ1n) is 12.8. The van der Waals surface area contributed by atoms with E-state index in [9.17, 15) is 9.59 Å². The summed E-state index contributed by atoms with van der Waals surface area (Å²) in [6.07, 6.45) is 8.82. The first-order valence-corrected chi connectivity index (χ1v) is 12.8. The number of allylic oxidation sites excluding steroid dienone is 4. The van der Waals surface area contributed by atoms with Gasteiger partial charge in [-0.3, -0.25) is 4.79 Å². The van der Waals surface area contributed by atoms with Crippen LogP contribution in [0, 0.1) is 13.8 Å².